The molecule has 0 spiro atoms. The second-order valence-electron chi connectivity index (χ2n) is 3.32. The molecular weight excluding hydrogens is 178 g/mol. The molecule has 0 aliphatic carbocycles. The van der Waals surface area contributed by atoms with Gasteiger partial charge in [-0.2, -0.15) is 0 Å². The van der Waals surface area contributed by atoms with E-state index < -0.39 is 0 Å². The third-order valence-electron chi connectivity index (χ3n) is 2.02. The summed E-state index contributed by atoms with van der Waals surface area (Å²) in [6.07, 6.45) is 0. The topological polar surface area (TPSA) is 49.0 Å². The van der Waals surface area contributed by atoms with Crippen molar-refractivity contribution in [2.75, 3.05) is 19.0 Å². The number of hydrogen-bond acceptors (Lipinski definition) is 3. The Bertz CT molecular complexity index is 516. The fourth-order valence-electron chi connectivity index (χ4n) is 1.27. The summed E-state index contributed by atoms with van der Waals surface area (Å²) in [6, 6.07) is 6.94. The quantitative estimate of drug-likeness (QED) is 0.727. The summed E-state index contributed by atoms with van der Waals surface area (Å²) in [7, 11) is 3.86. The van der Waals surface area contributed by atoms with Crippen molar-refractivity contribution < 1.29 is 0 Å². The van der Waals surface area contributed by atoms with Crippen molar-refractivity contribution in [2.45, 2.75) is 0 Å². The average molecular weight is 189 g/mol. The van der Waals surface area contributed by atoms with Gasteiger partial charge >= 0.3 is 0 Å². The van der Waals surface area contributed by atoms with Gasteiger partial charge in [-0.1, -0.05) is 0 Å². The van der Waals surface area contributed by atoms with Crippen LogP contribution in [0.3, 0.4) is 0 Å². The van der Waals surface area contributed by atoms with Crippen molar-refractivity contribution in [1.29, 1.82) is 0 Å². The standard InChI is InChI=1S/C10H11N3O/c1-13(2)9-5-3-8-7(11-9)4-6-10(14)12-8/h3-6H,1-2H3,(H,12,14). The van der Waals surface area contributed by atoms with Crippen LogP contribution in [0.2, 0.25) is 0 Å². The molecule has 1 N–H and O–H groups in total. The Morgan fingerprint density at radius 3 is 2.71 bits per heavy atom. The molecule has 2 aromatic rings. The van der Waals surface area contributed by atoms with Crippen molar-refractivity contribution in [3.8, 4) is 0 Å². The zero-order valence-electron chi connectivity index (χ0n) is 8.11. The van der Waals surface area contributed by atoms with Gasteiger partial charge in [0.15, 0.2) is 0 Å². The van der Waals surface area contributed by atoms with Gasteiger partial charge in [0.05, 0.1) is 11.0 Å². The Balaban J connectivity index is 2.67. The van der Waals surface area contributed by atoms with Crippen LogP contribution in [0.25, 0.3) is 11.0 Å². The highest BCUT2D eigenvalue weighted by atomic mass is 16.1. The van der Waals surface area contributed by atoms with E-state index in [0.29, 0.717) is 0 Å². The maximum absolute atomic E-state index is 11.0. The molecule has 0 aliphatic rings. The molecule has 0 bridgehead atoms. The van der Waals surface area contributed by atoms with Crippen LogP contribution in [0.4, 0.5) is 5.82 Å². The number of pyridine rings is 2. The molecule has 0 aliphatic heterocycles. The second kappa shape index (κ2) is 3.14. The normalized spacial score (nSPS) is 10.4. The predicted molar refractivity (Wildman–Crippen MR) is 56.7 cm³/mol. The molecule has 0 saturated carbocycles. The molecule has 0 radical (unpaired) electrons. The first-order chi connectivity index (χ1) is 6.66. The maximum atomic E-state index is 11.0. The van der Waals surface area contributed by atoms with Gasteiger partial charge in [0.1, 0.15) is 5.82 Å². The van der Waals surface area contributed by atoms with Crippen LogP contribution < -0.4 is 10.5 Å². The number of fused-ring (bicyclic) bond motifs is 1. The van der Waals surface area contributed by atoms with Crippen LogP contribution >= 0.6 is 0 Å². The fourth-order valence-corrected chi connectivity index (χ4v) is 1.27. The van der Waals surface area contributed by atoms with E-state index in [-0.39, 0.29) is 5.56 Å². The van der Waals surface area contributed by atoms with Gasteiger partial charge in [0.25, 0.3) is 0 Å². The van der Waals surface area contributed by atoms with Crippen molar-refractivity contribution in [1.82, 2.24) is 9.97 Å². The van der Waals surface area contributed by atoms with Crippen LogP contribution in [-0.2, 0) is 0 Å². The lowest BCUT2D eigenvalue weighted by molar-refractivity contribution is 1.08. The Morgan fingerprint density at radius 2 is 2.00 bits per heavy atom. The molecule has 0 aromatic carbocycles. The van der Waals surface area contributed by atoms with Gasteiger partial charge in [0, 0.05) is 20.2 Å². The minimum Gasteiger partial charge on any atom is -0.363 e. The molecule has 0 unspecified atom stereocenters. The molecule has 0 fully saturated rings. The lowest BCUT2D eigenvalue weighted by atomic mass is 10.3. The van der Waals surface area contributed by atoms with Gasteiger partial charge in [-0.25, -0.2) is 4.98 Å². The first-order valence-electron chi connectivity index (χ1n) is 4.34. The Hall–Kier alpha value is -1.84. The molecule has 2 aromatic heterocycles. The predicted octanol–water partition coefficient (Wildman–Crippen LogP) is 0.989. The Labute approximate surface area is 81.2 Å². The van der Waals surface area contributed by atoms with E-state index in [2.05, 4.69) is 9.97 Å². The van der Waals surface area contributed by atoms with Gasteiger partial charge in [-0.15, -0.1) is 0 Å². The van der Waals surface area contributed by atoms with Gasteiger partial charge in [-0.05, 0) is 18.2 Å². The number of hydrogen-bond donors (Lipinski definition) is 1. The SMILES string of the molecule is CN(C)c1ccc2[nH]c(=O)ccc2n1. The highest BCUT2D eigenvalue weighted by Gasteiger charge is 1.99. The van der Waals surface area contributed by atoms with E-state index in [4.69, 9.17) is 0 Å². The largest absolute Gasteiger partial charge is 0.363 e. The molecule has 0 saturated heterocycles. The third kappa shape index (κ3) is 1.46. The summed E-state index contributed by atoms with van der Waals surface area (Å²) in [6.45, 7) is 0. The van der Waals surface area contributed by atoms with Crippen LogP contribution in [0, 0.1) is 0 Å². The number of rotatable bonds is 1. The molecule has 4 nitrogen and oxygen atoms in total. The molecule has 4 heteroatoms. The first kappa shape index (κ1) is 8.74. The molecule has 72 valence electrons. The number of aromatic nitrogens is 2. The summed E-state index contributed by atoms with van der Waals surface area (Å²) in [4.78, 5) is 20.0. The first-order valence-corrected chi connectivity index (χ1v) is 4.34. The van der Waals surface area contributed by atoms with Crippen LogP contribution in [0.15, 0.2) is 29.1 Å². The van der Waals surface area contributed by atoms with Crippen LogP contribution in [-0.4, -0.2) is 24.1 Å². The Morgan fingerprint density at radius 1 is 1.21 bits per heavy atom. The van der Waals surface area contributed by atoms with E-state index >= 15 is 0 Å². The minimum absolute atomic E-state index is 0.100. The number of nitrogens with zero attached hydrogens (tertiary/aromatic N) is 2. The van der Waals surface area contributed by atoms with Gasteiger partial charge in [-0.3, -0.25) is 4.79 Å². The van der Waals surface area contributed by atoms with Crippen molar-refractivity contribution in [3.63, 3.8) is 0 Å². The highest BCUT2D eigenvalue weighted by Crippen LogP contribution is 2.12. The molecule has 2 heterocycles. The van der Waals surface area contributed by atoms with Gasteiger partial charge in [0.2, 0.25) is 5.56 Å². The summed E-state index contributed by atoms with van der Waals surface area (Å²) in [5, 5.41) is 0. The van der Waals surface area contributed by atoms with Crippen LogP contribution in [0.1, 0.15) is 0 Å². The Kier molecular flexibility index (Phi) is 1.96. The highest BCUT2D eigenvalue weighted by molar-refractivity contribution is 5.75. The van der Waals surface area contributed by atoms with Crippen molar-refractivity contribution in [3.05, 3.63) is 34.6 Å². The number of nitrogens with one attached hydrogen (secondary N) is 1. The molecule has 14 heavy (non-hydrogen) atoms. The third-order valence-corrected chi connectivity index (χ3v) is 2.02. The van der Waals surface area contributed by atoms with Gasteiger partial charge < -0.3 is 9.88 Å². The summed E-state index contributed by atoms with van der Waals surface area (Å²) < 4.78 is 0. The van der Waals surface area contributed by atoms with E-state index in [1.807, 2.05) is 31.1 Å². The van der Waals surface area contributed by atoms with E-state index in [1.165, 1.54) is 6.07 Å². The average Bonchev–Trinajstić information content (AvgIpc) is 2.16. The van der Waals surface area contributed by atoms with Crippen molar-refractivity contribution in [2.24, 2.45) is 0 Å². The molecule has 2 rings (SSSR count). The number of aromatic amines is 1. The maximum Gasteiger partial charge on any atom is 0.248 e. The molecule has 0 atom stereocenters. The fraction of sp³-hybridized carbons (Fsp3) is 0.200. The second-order valence-corrected chi connectivity index (χ2v) is 3.32. The zero-order chi connectivity index (χ0) is 10.1. The number of anilines is 1. The molecule has 0 amide bonds. The summed E-state index contributed by atoms with van der Waals surface area (Å²) in [5.74, 6) is 0.879. The monoisotopic (exact) mass is 189 g/mol. The van der Waals surface area contributed by atoms with E-state index in [9.17, 15) is 4.79 Å². The van der Waals surface area contributed by atoms with E-state index in [1.54, 1.807) is 6.07 Å². The lowest BCUT2D eigenvalue weighted by Crippen LogP contribution is -2.11. The van der Waals surface area contributed by atoms with Crippen LogP contribution in [0.5, 0.6) is 0 Å². The lowest BCUT2D eigenvalue weighted by Gasteiger charge is -2.10. The van der Waals surface area contributed by atoms with Crippen molar-refractivity contribution >= 4 is 16.9 Å². The molecular formula is C10H11N3O. The summed E-state index contributed by atoms with van der Waals surface area (Å²) >= 11 is 0. The number of H-pyrrole nitrogens is 1. The smallest absolute Gasteiger partial charge is 0.248 e. The summed E-state index contributed by atoms with van der Waals surface area (Å²) in [5.41, 5.74) is 1.47. The minimum atomic E-state index is -0.100. The zero-order valence-corrected chi connectivity index (χ0v) is 8.11. The van der Waals surface area contributed by atoms with E-state index in [0.717, 1.165) is 16.9 Å².